The van der Waals surface area contributed by atoms with Crippen LogP contribution in [0, 0.1) is 0 Å². The molecule has 2 N–H and O–H groups in total. The maximum Gasteiger partial charge on any atom is 0.222 e. The highest BCUT2D eigenvalue weighted by Gasteiger charge is 2.08. The van der Waals surface area contributed by atoms with Gasteiger partial charge in [-0.05, 0) is 6.07 Å². The molecule has 0 atom stereocenters. The number of rotatable bonds is 3. The Hall–Kier alpha value is -2.24. The second kappa shape index (κ2) is 5.20. The normalized spacial score (nSPS) is 9.59. The molecule has 6 heteroatoms. The van der Waals surface area contributed by atoms with Crippen molar-refractivity contribution in [3.05, 3.63) is 17.8 Å². The number of Topliss-reactive ketones (excluding diaryl/α,β-unsaturated/α-hetero) is 1. The van der Waals surface area contributed by atoms with Gasteiger partial charge in [0.1, 0.15) is 11.5 Å². The van der Waals surface area contributed by atoms with E-state index in [4.69, 9.17) is 0 Å². The predicted octanol–water partition coefficient (Wildman–Crippen LogP) is 1.20. The van der Waals surface area contributed by atoms with Gasteiger partial charge in [0.2, 0.25) is 11.8 Å². The molecule has 0 fully saturated rings. The number of carbonyl (C=O) groups is 3. The Balaban J connectivity index is 3.13. The molecule has 0 aliphatic heterocycles. The second-order valence-corrected chi connectivity index (χ2v) is 3.54. The van der Waals surface area contributed by atoms with Crippen LogP contribution >= 0.6 is 0 Å². The standard InChI is InChI=1S/C11H13N3O3/c1-6(15)10-4-9(12-7(2)16)5-11(14-10)13-8(3)17/h4-5H,1-3H3,(H2,12,13,14,16,17). The fourth-order valence-corrected chi connectivity index (χ4v) is 1.23. The van der Waals surface area contributed by atoms with E-state index in [0.29, 0.717) is 5.69 Å². The number of pyridine rings is 1. The van der Waals surface area contributed by atoms with Gasteiger partial charge in [-0.2, -0.15) is 0 Å². The molecule has 0 saturated heterocycles. The Morgan fingerprint density at radius 1 is 1.00 bits per heavy atom. The molecule has 6 nitrogen and oxygen atoms in total. The zero-order chi connectivity index (χ0) is 13.0. The van der Waals surface area contributed by atoms with Crippen molar-refractivity contribution < 1.29 is 14.4 Å². The van der Waals surface area contributed by atoms with Crippen molar-refractivity contribution in [2.24, 2.45) is 0 Å². The Bertz CT molecular complexity index is 449. The number of nitrogens with one attached hydrogen (secondary N) is 2. The summed E-state index contributed by atoms with van der Waals surface area (Å²) in [4.78, 5) is 37.0. The van der Waals surface area contributed by atoms with E-state index < -0.39 is 0 Å². The molecule has 0 aliphatic carbocycles. The summed E-state index contributed by atoms with van der Waals surface area (Å²) in [6.07, 6.45) is 0. The zero-order valence-corrected chi connectivity index (χ0v) is 9.83. The first-order chi connectivity index (χ1) is 7.88. The van der Waals surface area contributed by atoms with E-state index in [1.165, 1.54) is 32.9 Å². The number of hydrogen-bond acceptors (Lipinski definition) is 4. The van der Waals surface area contributed by atoms with Crippen LogP contribution in [0.1, 0.15) is 31.3 Å². The lowest BCUT2D eigenvalue weighted by molar-refractivity contribution is -0.115. The van der Waals surface area contributed by atoms with E-state index in [1.807, 2.05) is 0 Å². The number of anilines is 2. The van der Waals surface area contributed by atoms with Gasteiger partial charge in [0.15, 0.2) is 5.78 Å². The van der Waals surface area contributed by atoms with Gasteiger partial charge in [-0.25, -0.2) is 4.98 Å². The number of ketones is 1. The maximum absolute atomic E-state index is 11.2. The van der Waals surface area contributed by atoms with E-state index in [9.17, 15) is 14.4 Å². The summed E-state index contributed by atoms with van der Waals surface area (Å²) in [5.74, 6) is -0.579. The minimum atomic E-state index is -0.299. The Labute approximate surface area is 98.4 Å². The third-order valence-electron chi connectivity index (χ3n) is 1.81. The van der Waals surface area contributed by atoms with Crippen LogP contribution in [-0.4, -0.2) is 22.6 Å². The predicted molar refractivity (Wildman–Crippen MR) is 62.8 cm³/mol. The topological polar surface area (TPSA) is 88.2 Å². The molecule has 0 saturated carbocycles. The number of amides is 2. The minimum Gasteiger partial charge on any atom is -0.326 e. The summed E-state index contributed by atoms with van der Waals surface area (Å²) < 4.78 is 0. The summed E-state index contributed by atoms with van der Waals surface area (Å²) in [5, 5.41) is 4.99. The lowest BCUT2D eigenvalue weighted by atomic mass is 10.2. The largest absolute Gasteiger partial charge is 0.326 e. The van der Waals surface area contributed by atoms with Gasteiger partial charge in [0, 0.05) is 32.5 Å². The molecule has 1 aromatic rings. The highest BCUT2D eigenvalue weighted by Crippen LogP contribution is 2.15. The lowest BCUT2D eigenvalue weighted by Crippen LogP contribution is -2.12. The quantitative estimate of drug-likeness (QED) is 0.770. The van der Waals surface area contributed by atoms with Crippen LogP contribution in [0.2, 0.25) is 0 Å². The van der Waals surface area contributed by atoms with Gasteiger partial charge in [-0.15, -0.1) is 0 Å². The molecule has 17 heavy (non-hydrogen) atoms. The van der Waals surface area contributed by atoms with Gasteiger partial charge in [0.25, 0.3) is 0 Å². The van der Waals surface area contributed by atoms with E-state index in [-0.39, 0.29) is 29.1 Å². The Morgan fingerprint density at radius 2 is 1.59 bits per heavy atom. The van der Waals surface area contributed by atoms with Crippen LogP contribution in [0.5, 0.6) is 0 Å². The van der Waals surface area contributed by atoms with Crippen LogP contribution in [0.4, 0.5) is 11.5 Å². The fourth-order valence-electron chi connectivity index (χ4n) is 1.23. The van der Waals surface area contributed by atoms with Crippen molar-refractivity contribution in [1.82, 2.24) is 4.98 Å². The Morgan fingerprint density at radius 3 is 2.06 bits per heavy atom. The van der Waals surface area contributed by atoms with Gasteiger partial charge in [-0.1, -0.05) is 0 Å². The van der Waals surface area contributed by atoms with Crippen molar-refractivity contribution in [1.29, 1.82) is 0 Å². The highest BCUT2D eigenvalue weighted by atomic mass is 16.2. The van der Waals surface area contributed by atoms with Gasteiger partial charge in [-0.3, -0.25) is 14.4 Å². The van der Waals surface area contributed by atoms with E-state index in [1.54, 1.807) is 0 Å². The number of hydrogen-bond donors (Lipinski definition) is 2. The van der Waals surface area contributed by atoms with Gasteiger partial charge in [0.05, 0.1) is 0 Å². The van der Waals surface area contributed by atoms with Crippen LogP contribution in [0.3, 0.4) is 0 Å². The van der Waals surface area contributed by atoms with Crippen molar-refractivity contribution in [2.75, 3.05) is 10.6 Å². The minimum absolute atomic E-state index is 0.181. The first-order valence-corrected chi connectivity index (χ1v) is 4.96. The molecule has 90 valence electrons. The van der Waals surface area contributed by atoms with Crippen LogP contribution in [-0.2, 0) is 9.59 Å². The first kappa shape index (κ1) is 12.8. The number of nitrogens with zero attached hydrogens (tertiary/aromatic N) is 1. The zero-order valence-electron chi connectivity index (χ0n) is 9.83. The monoisotopic (exact) mass is 235 g/mol. The Kier molecular flexibility index (Phi) is 3.92. The second-order valence-electron chi connectivity index (χ2n) is 3.54. The first-order valence-electron chi connectivity index (χ1n) is 4.96. The number of aromatic nitrogens is 1. The molecule has 1 heterocycles. The lowest BCUT2D eigenvalue weighted by Gasteiger charge is -2.07. The van der Waals surface area contributed by atoms with Crippen molar-refractivity contribution in [3.8, 4) is 0 Å². The maximum atomic E-state index is 11.2. The molecular formula is C11H13N3O3. The molecule has 0 aromatic carbocycles. The van der Waals surface area contributed by atoms with Crippen molar-refractivity contribution in [3.63, 3.8) is 0 Å². The molecule has 0 radical (unpaired) electrons. The van der Waals surface area contributed by atoms with Gasteiger partial charge < -0.3 is 10.6 Å². The van der Waals surface area contributed by atoms with Crippen LogP contribution in [0.25, 0.3) is 0 Å². The molecular weight excluding hydrogens is 222 g/mol. The molecule has 0 unspecified atom stereocenters. The number of carbonyl (C=O) groups excluding carboxylic acids is 3. The highest BCUT2D eigenvalue weighted by molar-refractivity contribution is 5.97. The van der Waals surface area contributed by atoms with E-state index in [2.05, 4.69) is 15.6 Å². The fraction of sp³-hybridized carbons (Fsp3) is 0.273. The SMILES string of the molecule is CC(=O)Nc1cc(NC(C)=O)nc(C(C)=O)c1. The summed E-state index contributed by atoms with van der Waals surface area (Å²) in [6.45, 7) is 4.05. The molecule has 1 aromatic heterocycles. The molecule has 1 rings (SSSR count). The third-order valence-corrected chi connectivity index (χ3v) is 1.81. The average molecular weight is 235 g/mol. The molecule has 2 amide bonds. The molecule has 0 bridgehead atoms. The summed E-state index contributed by atoms with van der Waals surface area (Å²) >= 11 is 0. The van der Waals surface area contributed by atoms with E-state index >= 15 is 0 Å². The summed E-state index contributed by atoms with van der Waals surface area (Å²) in [7, 11) is 0. The smallest absolute Gasteiger partial charge is 0.222 e. The average Bonchev–Trinajstić information content (AvgIpc) is 2.14. The molecule has 0 spiro atoms. The van der Waals surface area contributed by atoms with Crippen molar-refractivity contribution >= 4 is 29.1 Å². The van der Waals surface area contributed by atoms with Crippen LogP contribution < -0.4 is 10.6 Å². The van der Waals surface area contributed by atoms with Crippen molar-refractivity contribution in [2.45, 2.75) is 20.8 Å². The van der Waals surface area contributed by atoms with E-state index in [0.717, 1.165) is 0 Å². The summed E-state index contributed by atoms with van der Waals surface area (Å²) in [6, 6.07) is 2.93. The molecule has 0 aliphatic rings. The summed E-state index contributed by atoms with van der Waals surface area (Å²) in [5.41, 5.74) is 0.599. The van der Waals surface area contributed by atoms with Gasteiger partial charge >= 0.3 is 0 Å². The van der Waals surface area contributed by atoms with Crippen LogP contribution in [0.15, 0.2) is 12.1 Å². The third kappa shape index (κ3) is 4.02.